The van der Waals surface area contributed by atoms with Gasteiger partial charge in [-0.3, -0.25) is 9.10 Å². The molecule has 0 saturated carbocycles. The number of carbonyl (C=O) groups excluding carboxylic acids is 1. The molecule has 0 aliphatic heterocycles. The van der Waals surface area contributed by atoms with Gasteiger partial charge in [-0.25, -0.2) is 8.42 Å². The second kappa shape index (κ2) is 11.1. The number of ether oxygens (including phenoxy) is 1. The first-order valence-corrected chi connectivity index (χ1v) is 12.8. The molecule has 1 amide bonds. The number of hydrogen-bond acceptors (Lipinski definition) is 4. The maximum Gasteiger partial charge on any atom is 0.264 e. The van der Waals surface area contributed by atoms with E-state index in [0.29, 0.717) is 11.4 Å². The number of halogens is 2. The van der Waals surface area contributed by atoms with Crippen LogP contribution in [-0.4, -0.2) is 28.0 Å². The van der Waals surface area contributed by atoms with E-state index in [0.717, 1.165) is 21.2 Å². The second-order valence-electron chi connectivity index (χ2n) is 7.68. The van der Waals surface area contributed by atoms with Gasteiger partial charge in [0.05, 0.1) is 28.8 Å². The summed E-state index contributed by atoms with van der Waals surface area (Å²) in [5.74, 6) is 0.285. The van der Waals surface area contributed by atoms with Crippen molar-refractivity contribution >= 4 is 44.8 Å². The standard InChI is InChI=1S/C25H26Cl2N2O4S/c1-4-22(18-10-13-24(33-3)17(2)14-18)28-25(30)16-29(23-12-11-19(26)15-21(23)27)34(31,32)20-8-6-5-7-9-20/h5-15,22H,4,16H2,1-3H3,(H,28,30)/t22-/m0/s1. The lowest BCUT2D eigenvalue weighted by Crippen LogP contribution is -2.42. The maximum absolute atomic E-state index is 13.5. The molecular weight excluding hydrogens is 495 g/mol. The Balaban J connectivity index is 1.93. The van der Waals surface area contributed by atoms with Gasteiger partial charge in [-0.15, -0.1) is 0 Å². The van der Waals surface area contributed by atoms with Crippen molar-refractivity contribution in [2.24, 2.45) is 0 Å². The highest BCUT2D eigenvalue weighted by atomic mass is 35.5. The zero-order valence-electron chi connectivity index (χ0n) is 19.1. The SMILES string of the molecule is CC[C@H](NC(=O)CN(c1ccc(Cl)cc1Cl)S(=O)(=O)c1ccccc1)c1ccc(OC)c(C)c1. The van der Waals surface area contributed by atoms with E-state index in [1.807, 2.05) is 32.0 Å². The first kappa shape index (κ1) is 25.9. The van der Waals surface area contributed by atoms with Gasteiger partial charge in [0.15, 0.2) is 0 Å². The summed E-state index contributed by atoms with van der Waals surface area (Å²) in [4.78, 5) is 13.2. The third kappa shape index (κ3) is 5.84. The number of aryl methyl sites for hydroxylation is 1. The molecule has 0 aromatic heterocycles. The average molecular weight is 521 g/mol. The van der Waals surface area contributed by atoms with E-state index < -0.39 is 22.5 Å². The van der Waals surface area contributed by atoms with Gasteiger partial charge in [0.2, 0.25) is 5.91 Å². The zero-order valence-corrected chi connectivity index (χ0v) is 21.4. The molecule has 180 valence electrons. The van der Waals surface area contributed by atoms with Crippen molar-refractivity contribution in [3.8, 4) is 5.75 Å². The minimum Gasteiger partial charge on any atom is -0.496 e. The van der Waals surface area contributed by atoms with E-state index in [-0.39, 0.29) is 21.6 Å². The van der Waals surface area contributed by atoms with Gasteiger partial charge >= 0.3 is 0 Å². The van der Waals surface area contributed by atoms with Crippen LogP contribution in [0, 0.1) is 6.92 Å². The molecule has 34 heavy (non-hydrogen) atoms. The highest BCUT2D eigenvalue weighted by Crippen LogP contribution is 2.33. The molecule has 0 heterocycles. The zero-order chi connectivity index (χ0) is 24.9. The number of methoxy groups -OCH3 is 1. The van der Waals surface area contributed by atoms with Crippen LogP contribution in [0.25, 0.3) is 0 Å². The molecular formula is C25H26Cl2N2O4S. The minimum absolute atomic E-state index is 0.0478. The quantitative estimate of drug-likeness (QED) is 0.388. The van der Waals surface area contributed by atoms with E-state index in [1.54, 1.807) is 25.3 Å². The molecule has 0 fully saturated rings. The first-order chi connectivity index (χ1) is 16.2. The molecule has 0 aliphatic carbocycles. The summed E-state index contributed by atoms with van der Waals surface area (Å²) in [6.45, 7) is 3.41. The van der Waals surface area contributed by atoms with Gasteiger partial charge < -0.3 is 10.1 Å². The van der Waals surface area contributed by atoms with Gasteiger partial charge in [0.25, 0.3) is 10.0 Å². The van der Waals surface area contributed by atoms with E-state index in [4.69, 9.17) is 27.9 Å². The number of amides is 1. The summed E-state index contributed by atoms with van der Waals surface area (Å²) in [7, 11) is -2.48. The summed E-state index contributed by atoms with van der Waals surface area (Å²) in [5.41, 5.74) is 2.00. The average Bonchev–Trinajstić information content (AvgIpc) is 2.82. The molecule has 3 aromatic carbocycles. The lowest BCUT2D eigenvalue weighted by atomic mass is 10.0. The van der Waals surface area contributed by atoms with Crippen LogP contribution in [0.2, 0.25) is 10.0 Å². The number of benzene rings is 3. The first-order valence-electron chi connectivity index (χ1n) is 10.6. The Kier molecular flexibility index (Phi) is 8.47. The van der Waals surface area contributed by atoms with Crippen molar-refractivity contribution in [3.63, 3.8) is 0 Å². The molecule has 0 aliphatic rings. The number of anilines is 1. The van der Waals surface area contributed by atoms with Gasteiger partial charge in [-0.1, -0.05) is 60.5 Å². The Morgan fingerprint density at radius 3 is 2.35 bits per heavy atom. The van der Waals surface area contributed by atoms with Gasteiger partial charge in [-0.05, 0) is 60.9 Å². The van der Waals surface area contributed by atoms with Crippen LogP contribution in [0.4, 0.5) is 5.69 Å². The number of nitrogens with zero attached hydrogens (tertiary/aromatic N) is 1. The monoisotopic (exact) mass is 520 g/mol. The molecule has 1 atom stereocenters. The number of hydrogen-bond donors (Lipinski definition) is 1. The number of carbonyl (C=O) groups is 1. The molecule has 0 unspecified atom stereocenters. The lowest BCUT2D eigenvalue weighted by Gasteiger charge is -2.26. The van der Waals surface area contributed by atoms with Crippen LogP contribution in [-0.2, 0) is 14.8 Å². The summed E-state index contributed by atoms with van der Waals surface area (Å²) < 4.78 is 33.3. The summed E-state index contributed by atoms with van der Waals surface area (Å²) in [6.07, 6.45) is 0.616. The predicted molar refractivity (Wildman–Crippen MR) is 136 cm³/mol. The van der Waals surface area contributed by atoms with Gasteiger partial charge in [0, 0.05) is 5.02 Å². The summed E-state index contributed by atoms with van der Waals surface area (Å²) in [5, 5.41) is 3.43. The molecule has 0 radical (unpaired) electrons. The van der Waals surface area contributed by atoms with E-state index in [1.165, 1.54) is 30.3 Å². The highest BCUT2D eigenvalue weighted by molar-refractivity contribution is 7.92. The minimum atomic E-state index is -4.08. The molecule has 3 aromatic rings. The number of nitrogens with one attached hydrogen (secondary N) is 1. The number of sulfonamides is 1. The van der Waals surface area contributed by atoms with Crippen LogP contribution in [0.15, 0.2) is 71.6 Å². The molecule has 1 N–H and O–H groups in total. The largest absolute Gasteiger partial charge is 0.496 e. The van der Waals surface area contributed by atoms with Crippen molar-refractivity contribution in [2.45, 2.75) is 31.2 Å². The Morgan fingerprint density at radius 1 is 1.06 bits per heavy atom. The van der Waals surface area contributed by atoms with Gasteiger partial charge in [-0.2, -0.15) is 0 Å². The van der Waals surface area contributed by atoms with Crippen LogP contribution in [0.1, 0.15) is 30.5 Å². The van der Waals surface area contributed by atoms with Crippen LogP contribution >= 0.6 is 23.2 Å². The third-order valence-electron chi connectivity index (χ3n) is 5.36. The topological polar surface area (TPSA) is 75.7 Å². The fourth-order valence-electron chi connectivity index (χ4n) is 3.61. The van der Waals surface area contributed by atoms with Crippen molar-refractivity contribution in [1.82, 2.24) is 5.32 Å². The smallest absolute Gasteiger partial charge is 0.264 e. The Bertz CT molecular complexity index is 1270. The van der Waals surface area contributed by atoms with Gasteiger partial charge in [0.1, 0.15) is 12.3 Å². The van der Waals surface area contributed by atoms with Crippen molar-refractivity contribution in [3.05, 3.63) is 87.9 Å². The highest BCUT2D eigenvalue weighted by Gasteiger charge is 2.29. The fourth-order valence-corrected chi connectivity index (χ4v) is 5.63. The molecule has 3 rings (SSSR count). The number of rotatable bonds is 9. The van der Waals surface area contributed by atoms with Crippen LogP contribution in [0.3, 0.4) is 0 Å². The maximum atomic E-state index is 13.5. The fraction of sp³-hybridized carbons (Fsp3) is 0.240. The predicted octanol–water partition coefficient (Wildman–Crippen LogP) is 5.77. The molecule has 0 saturated heterocycles. The van der Waals surface area contributed by atoms with E-state index in [9.17, 15) is 13.2 Å². The van der Waals surface area contributed by atoms with E-state index >= 15 is 0 Å². The van der Waals surface area contributed by atoms with Crippen molar-refractivity contribution < 1.29 is 17.9 Å². The Hall–Kier alpha value is -2.74. The molecule has 0 spiro atoms. The Morgan fingerprint density at radius 2 is 1.76 bits per heavy atom. The normalized spacial score (nSPS) is 12.1. The third-order valence-corrected chi connectivity index (χ3v) is 7.67. The van der Waals surface area contributed by atoms with Crippen molar-refractivity contribution in [2.75, 3.05) is 18.0 Å². The van der Waals surface area contributed by atoms with Crippen LogP contribution < -0.4 is 14.4 Å². The molecule has 6 nitrogen and oxygen atoms in total. The van der Waals surface area contributed by atoms with Crippen molar-refractivity contribution in [1.29, 1.82) is 0 Å². The van der Waals surface area contributed by atoms with E-state index in [2.05, 4.69) is 5.32 Å². The van der Waals surface area contributed by atoms with Crippen LogP contribution in [0.5, 0.6) is 5.75 Å². The lowest BCUT2D eigenvalue weighted by molar-refractivity contribution is -0.120. The Labute approximate surface area is 210 Å². The molecule has 9 heteroatoms. The summed E-state index contributed by atoms with van der Waals surface area (Å²) >= 11 is 12.3. The second-order valence-corrected chi connectivity index (χ2v) is 10.4. The molecule has 0 bridgehead atoms. The summed E-state index contributed by atoms with van der Waals surface area (Å²) in [6, 6.07) is 17.7.